The van der Waals surface area contributed by atoms with E-state index in [4.69, 9.17) is 5.11 Å². The second-order valence-corrected chi connectivity index (χ2v) is 4.35. The highest BCUT2D eigenvalue weighted by atomic mass is 16.4. The van der Waals surface area contributed by atoms with Crippen LogP contribution in [0, 0.1) is 0 Å². The number of rotatable bonds is 3. The first kappa shape index (κ1) is 12.4. The van der Waals surface area contributed by atoms with Crippen LogP contribution >= 0.6 is 0 Å². The van der Waals surface area contributed by atoms with Crippen molar-refractivity contribution in [2.45, 2.75) is 18.9 Å². The highest BCUT2D eigenvalue weighted by Crippen LogP contribution is 2.16. The van der Waals surface area contributed by atoms with Crippen molar-refractivity contribution in [1.82, 2.24) is 10.2 Å². The molecule has 1 fully saturated rings. The maximum atomic E-state index is 11.8. The van der Waals surface area contributed by atoms with Gasteiger partial charge in [0, 0.05) is 18.7 Å². The van der Waals surface area contributed by atoms with Crippen LogP contribution in [0.4, 0.5) is 4.79 Å². The van der Waals surface area contributed by atoms with E-state index in [9.17, 15) is 9.59 Å². The molecule has 18 heavy (non-hydrogen) atoms. The van der Waals surface area contributed by atoms with Crippen LogP contribution in [0.3, 0.4) is 0 Å². The summed E-state index contributed by atoms with van der Waals surface area (Å²) in [6.45, 7) is 0.932. The molecule has 0 radical (unpaired) electrons. The monoisotopic (exact) mass is 248 g/mol. The first-order valence-electron chi connectivity index (χ1n) is 6.01. The second-order valence-electron chi connectivity index (χ2n) is 4.35. The second kappa shape index (κ2) is 5.53. The number of likely N-dealkylation sites (tertiary alicyclic amines) is 1. The van der Waals surface area contributed by atoms with Crippen LogP contribution in [0.25, 0.3) is 0 Å². The van der Waals surface area contributed by atoms with E-state index in [1.54, 1.807) is 24.3 Å². The third-order valence-corrected chi connectivity index (χ3v) is 3.16. The zero-order valence-corrected chi connectivity index (χ0v) is 10.0. The van der Waals surface area contributed by atoms with E-state index in [-0.39, 0.29) is 11.9 Å². The molecule has 1 aliphatic heterocycles. The smallest absolute Gasteiger partial charge is 0.407 e. The minimum Gasteiger partial charge on any atom is -0.465 e. The van der Waals surface area contributed by atoms with E-state index in [1.165, 1.54) is 4.90 Å². The first-order valence-corrected chi connectivity index (χ1v) is 6.01. The van der Waals surface area contributed by atoms with Crippen LogP contribution in [0.2, 0.25) is 0 Å². The Hall–Kier alpha value is -2.04. The quantitative estimate of drug-likeness (QED) is 0.852. The maximum absolute atomic E-state index is 11.8. The first-order chi connectivity index (χ1) is 8.68. The van der Waals surface area contributed by atoms with Crippen LogP contribution in [0.1, 0.15) is 23.2 Å². The number of carbonyl (C=O) groups excluding carboxylic acids is 1. The Morgan fingerprint density at radius 1 is 1.33 bits per heavy atom. The van der Waals surface area contributed by atoms with E-state index in [2.05, 4.69) is 5.32 Å². The average molecular weight is 248 g/mol. The van der Waals surface area contributed by atoms with Crippen LogP contribution in [0.15, 0.2) is 30.3 Å². The standard InChI is InChI=1S/C13H16N2O3/c16-12(10-5-2-1-3-6-10)14-9-11-7-4-8-15(11)13(17)18/h1-3,5-6,11H,4,7-9H2,(H,14,16)(H,17,18). The molecular weight excluding hydrogens is 232 g/mol. The minimum atomic E-state index is -0.911. The van der Waals surface area contributed by atoms with E-state index in [0.29, 0.717) is 18.7 Å². The Bertz CT molecular complexity index is 433. The SMILES string of the molecule is O=C(NCC1CCCN1C(=O)O)c1ccccc1. The van der Waals surface area contributed by atoms with Gasteiger partial charge in [0.1, 0.15) is 0 Å². The number of hydrogen-bond donors (Lipinski definition) is 2. The number of hydrogen-bond acceptors (Lipinski definition) is 2. The summed E-state index contributed by atoms with van der Waals surface area (Å²) in [7, 11) is 0. The Morgan fingerprint density at radius 2 is 2.06 bits per heavy atom. The summed E-state index contributed by atoms with van der Waals surface area (Å²) in [4.78, 5) is 24.1. The summed E-state index contributed by atoms with van der Waals surface area (Å²) in [6.07, 6.45) is 0.756. The molecule has 1 aromatic rings. The molecule has 1 heterocycles. The molecular formula is C13H16N2O3. The van der Waals surface area contributed by atoms with Gasteiger partial charge in [-0.3, -0.25) is 4.79 Å². The van der Waals surface area contributed by atoms with Crippen molar-refractivity contribution in [3.05, 3.63) is 35.9 Å². The van der Waals surface area contributed by atoms with Gasteiger partial charge in [0.05, 0.1) is 6.04 Å². The van der Waals surface area contributed by atoms with Crippen molar-refractivity contribution in [1.29, 1.82) is 0 Å². The van der Waals surface area contributed by atoms with Crippen molar-refractivity contribution >= 4 is 12.0 Å². The Kier molecular flexibility index (Phi) is 3.82. The molecule has 0 aromatic heterocycles. The third kappa shape index (κ3) is 2.80. The third-order valence-electron chi connectivity index (χ3n) is 3.16. The van der Waals surface area contributed by atoms with E-state index in [0.717, 1.165) is 12.8 Å². The van der Waals surface area contributed by atoms with Crippen LogP contribution in [0.5, 0.6) is 0 Å². The fourth-order valence-electron chi connectivity index (χ4n) is 2.20. The van der Waals surface area contributed by atoms with Gasteiger partial charge in [0.25, 0.3) is 5.91 Å². The molecule has 1 aliphatic rings. The van der Waals surface area contributed by atoms with Gasteiger partial charge in [-0.05, 0) is 25.0 Å². The average Bonchev–Trinajstić information content (AvgIpc) is 2.85. The van der Waals surface area contributed by atoms with Gasteiger partial charge < -0.3 is 15.3 Å². The van der Waals surface area contributed by atoms with Crippen molar-refractivity contribution in [3.63, 3.8) is 0 Å². The van der Waals surface area contributed by atoms with Gasteiger partial charge in [0.2, 0.25) is 0 Å². The lowest BCUT2D eigenvalue weighted by Crippen LogP contribution is -2.42. The highest BCUT2D eigenvalue weighted by molar-refractivity contribution is 5.94. The Balaban J connectivity index is 1.88. The molecule has 1 aromatic carbocycles. The molecule has 2 N–H and O–H groups in total. The fourth-order valence-corrected chi connectivity index (χ4v) is 2.20. The molecule has 2 amide bonds. The molecule has 1 saturated heterocycles. The Labute approximate surface area is 105 Å². The van der Waals surface area contributed by atoms with Gasteiger partial charge in [-0.25, -0.2) is 4.79 Å². The van der Waals surface area contributed by atoms with Crippen molar-refractivity contribution < 1.29 is 14.7 Å². The molecule has 0 spiro atoms. The largest absolute Gasteiger partial charge is 0.465 e. The lowest BCUT2D eigenvalue weighted by Gasteiger charge is -2.21. The predicted octanol–water partition coefficient (Wildman–Crippen LogP) is 1.56. The minimum absolute atomic E-state index is 0.102. The van der Waals surface area contributed by atoms with E-state index >= 15 is 0 Å². The number of amides is 2. The van der Waals surface area contributed by atoms with Crippen molar-refractivity contribution in [2.75, 3.05) is 13.1 Å². The lowest BCUT2D eigenvalue weighted by atomic mass is 10.2. The van der Waals surface area contributed by atoms with Gasteiger partial charge in [-0.2, -0.15) is 0 Å². The van der Waals surface area contributed by atoms with Crippen molar-refractivity contribution in [3.8, 4) is 0 Å². The summed E-state index contributed by atoms with van der Waals surface area (Å²) in [6, 6.07) is 8.81. The Morgan fingerprint density at radius 3 is 2.72 bits per heavy atom. The maximum Gasteiger partial charge on any atom is 0.407 e. The number of carboxylic acid groups (broad SMARTS) is 1. The molecule has 5 heteroatoms. The molecule has 0 saturated carbocycles. The zero-order chi connectivity index (χ0) is 13.0. The number of nitrogens with one attached hydrogen (secondary N) is 1. The lowest BCUT2D eigenvalue weighted by molar-refractivity contribution is 0.0934. The molecule has 0 bridgehead atoms. The normalized spacial score (nSPS) is 18.7. The summed E-state index contributed by atoms with van der Waals surface area (Å²) in [5.74, 6) is -0.159. The van der Waals surface area contributed by atoms with Crippen LogP contribution in [-0.4, -0.2) is 41.1 Å². The molecule has 5 nitrogen and oxygen atoms in total. The van der Waals surface area contributed by atoms with Crippen LogP contribution < -0.4 is 5.32 Å². The summed E-state index contributed by atoms with van der Waals surface area (Å²) in [5.41, 5.74) is 0.595. The predicted molar refractivity (Wildman–Crippen MR) is 66.5 cm³/mol. The highest BCUT2D eigenvalue weighted by Gasteiger charge is 2.28. The van der Waals surface area contributed by atoms with Gasteiger partial charge >= 0.3 is 6.09 Å². The molecule has 2 rings (SSSR count). The van der Waals surface area contributed by atoms with Crippen molar-refractivity contribution in [2.24, 2.45) is 0 Å². The molecule has 96 valence electrons. The number of carbonyl (C=O) groups is 2. The summed E-state index contributed by atoms with van der Waals surface area (Å²) < 4.78 is 0. The number of nitrogens with zero attached hydrogens (tertiary/aromatic N) is 1. The van der Waals surface area contributed by atoms with Crippen LogP contribution in [-0.2, 0) is 0 Å². The molecule has 1 unspecified atom stereocenters. The van der Waals surface area contributed by atoms with E-state index in [1.807, 2.05) is 6.07 Å². The summed E-state index contributed by atoms with van der Waals surface area (Å²) in [5, 5.41) is 11.8. The molecule has 0 aliphatic carbocycles. The molecule has 1 atom stereocenters. The van der Waals surface area contributed by atoms with Gasteiger partial charge in [0.15, 0.2) is 0 Å². The zero-order valence-electron chi connectivity index (χ0n) is 10.0. The summed E-state index contributed by atoms with van der Waals surface area (Å²) >= 11 is 0. The van der Waals surface area contributed by atoms with Gasteiger partial charge in [-0.1, -0.05) is 18.2 Å². The van der Waals surface area contributed by atoms with Gasteiger partial charge in [-0.15, -0.1) is 0 Å². The topological polar surface area (TPSA) is 69.6 Å². The fraction of sp³-hybridized carbons (Fsp3) is 0.385. The number of benzene rings is 1. The van der Waals surface area contributed by atoms with E-state index < -0.39 is 6.09 Å².